The zero-order chi connectivity index (χ0) is 39.0. The van der Waals surface area contributed by atoms with Gasteiger partial charge in [-0.25, -0.2) is 14.1 Å². The first-order valence-corrected chi connectivity index (χ1v) is 18.8. The van der Waals surface area contributed by atoms with Gasteiger partial charge in [0, 0.05) is 16.5 Å². The molecule has 5 rings (SSSR count). The summed E-state index contributed by atoms with van der Waals surface area (Å²) in [6, 6.07) is 11.9. The van der Waals surface area contributed by atoms with E-state index in [2.05, 4.69) is 45.3 Å². The van der Waals surface area contributed by atoms with E-state index in [9.17, 15) is 36.6 Å². The minimum Gasteiger partial charge on any atom is -0.505 e. The smallest absolute Gasteiger partial charge is 0.397 e. The number of thiocarbonyl (C=S) groups is 1. The van der Waals surface area contributed by atoms with Gasteiger partial charge in [-0.3, -0.25) is 24.6 Å². The normalized spacial score (nSPS) is 15.8. The van der Waals surface area contributed by atoms with E-state index in [-0.39, 0.29) is 57.1 Å². The number of aliphatic imine (C=N–C) groups is 1. The van der Waals surface area contributed by atoms with Gasteiger partial charge in [-0.1, -0.05) is 12.1 Å². The summed E-state index contributed by atoms with van der Waals surface area (Å²) in [5.74, 6) is -0.966. The standard InChI is InChI=1S/C28H22ClN9O12S4/c29-25-32-26(34-27(33-25)35-28(51)31-20-3-1-2-4-21(20)38(40)41)30-17-7-10-19-15(13-17)14-22(53(42,43)44)23(24(19)39)37-36-16-5-8-18(9-6-16)52-50-48-11-12-49-54(45,46)47/h1-10,13-14,36,39H,11-12H2,(H,42,43,44)(H,45,46,47)(H2,31,32,33,34,35,51). The molecule has 0 bridgehead atoms. The predicted molar refractivity (Wildman–Crippen MR) is 199 cm³/mol. The summed E-state index contributed by atoms with van der Waals surface area (Å²) in [4.78, 5) is 31.5. The fourth-order valence-corrected chi connectivity index (χ4v) is 5.98. The minimum absolute atomic E-state index is 0.106. The number of rotatable bonds is 14. The lowest BCUT2D eigenvalue weighted by Crippen LogP contribution is -2.22. The van der Waals surface area contributed by atoms with Crippen LogP contribution in [0, 0.1) is 10.1 Å². The molecule has 2 aliphatic rings. The molecule has 0 radical (unpaired) electrons. The topological polar surface area (TPSA) is 299 Å². The fraction of sp³-hybridized carbons (Fsp3) is 0.0714. The van der Waals surface area contributed by atoms with Crippen LogP contribution in [0.1, 0.15) is 0 Å². The van der Waals surface area contributed by atoms with Gasteiger partial charge in [-0.15, -0.1) is 0 Å². The molecule has 3 aromatic rings. The number of halogens is 1. The van der Waals surface area contributed by atoms with Crippen molar-refractivity contribution in [1.29, 1.82) is 0 Å². The third kappa shape index (κ3) is 11.1. The average molecular weight is 840 g/mol. The Bertz CT molecular complexity index is 2400. The SMILES string of the molecule is O=[N+]([O-])c1ccccc1NC(=S)Nc1nc(Cl)nc(N=C2C=CC3=C(O)C(=NNc4ccc(SOOCCOS(=O)(=O)O)cc4)C(S(=O)(=O)O)=CC3=C2)n1. The molecule has 0 atom stereocenters. The van der Waals surface area contributed by atoms with E-state index in [1.165, 1.54) is 48.6 Å². The van der Waals surface area contributed by atoms with Crippen molar-refractivity contribution in [2.75, 3.05) is 29.3 Å². The van der Waals surface area contributed by atoms with Crippen LogP contribution in [0.5, 0.6) is 0 Å². The molecule has 0 unspecified atom stereocenters. The third-order valence-electron chi connectivity index (χ3n) is 6.44. The zero-order valence-corrected chi connectivity index (χ0v) is 30.6. The average Bonchev–Trinajstić information content (AvgIpc) is 3.08. The van der Waals surface area contributed by atoms with Crippen molar-refractivity contribution in [2.24, 2.45) is 10.1 Å². The van der Waals surface area contributed by atoms with E-state index >= 15 is 0 Å². The van der Waals surface area contributed by atoms with Gasteiger partial charge < -0.3 is 15.7 Å². The highest BCUT2D eigenvalue weighted by atomic mass is 35.5. The lowest BCUT2D eigenvalue weighted by molar-refractivity contribution is -0.383. The van der Waals surface area contributed by atoms with Crippen molar-refractivity contribution < 1.29 is 49.4 Å². The number of hydrazone groups is 1. The third-order valence-corrected chi connectivity index (χ3v) is 8.77. The lowest BCUT2D eigenvalue weighted by Gasteiger charge is -2.20. The van der Waals surface area contributed by atoms with Gasteiger partial charge in [-0.2, -0.15) is 41.2 Å². The second-order valence-electron chi connectivity index (χ2n) is 10.1. The maximum absolute atomic E-state index is 12.4. The summed E-state index contributed by atoms with van der Waals surface area (Å²) in [5, 5.41) is 31.3. The molecule has 21 nitrogen and oxygen atoms in total. The van der Waals surface area contributed by atoms with Crippen molar-refractivity contribution in [3.05, 3.63) is 110 Å². The van der Waals surface area contributed by atoms with Crippen LogP contribution in [0.15, 0.2) is 110 Å². The van der Waals surface area contributed by atoms with E-state index in [4.69, 9.17) is 37.6 Å². The number of aliphatic hydroxyl groups is 1. The van der Waals surface area contributed by atoms with Gasteiger partial charge >= 0.3 is 10.4 Å². The summed E-state index contributed by atoms with van der Waals surface area (Å²) < 4.78 is 73.2. The van der Waals surface area contributed by atoms with Gasteiger partial charge in [0.2, 0.25) is 11.2 Å². The molecule has 1 aromatic heterocycles. The van der Waals surface area contributed by atoms with Crippen LogP contribution in [0.4, 0.5) is 29.0 Å². The Kier molecular flexibility index (Phi) is 12.8. The highest BCUT2D eigenvalue weighted by molar-refractivity contribution is 7.94. The number of nitro benzene ring substituents is 1. The van der Waals surface area contributed by atoms with Crippen molar-refractivity contribution in [2.45, 2.75) is 4.90 Å². The Morgan fingerprint density at radius 1 is 1.00 bits per heavy atom. The van der Waals surface area contributed by atoms with Gasteiger partial charge in [0.1, 0.15) is 22.9 Å². The Hall–Kier alpha value is -5.22. The number of nitrogens with one attached hydrogen (secondary N) is 3. The molecule has 0 saturated carbocycles. The summed E-state index contributed by atoms with van der Waals surface area (Å²) >= 11 is 12.1. The maximum Gasteiger partial charge on any atom is 0.397 e. The summed E-state index contributed by atoms with van der Waals surface area (Å²) in [7, 11) is -9.54. The Morgan fingerprint density at radius 3 is 2.44 bits per heavy atom. The van der Waals surface area contributed by atoms with E-state index < -0.39 is 48.4 Å². The number of nitro groups is 1. The van der Waals surface area contributed by atoms with E-state index in [0.717, 1.165) is 18.1 Å². The molecule has 2 aliphatic carbocycles. The molecular formula is C28H22ClN9O12S4. The number of anilines is 3. The zero-order valence-electron chi connectivity index (χ0n) is 26.6. The van der Waals surface area contributed by atoms with Gasteiger partial charge in [0.25, 0.3) is 21.8 Å². The summed E-state index contributed by atoms with van der Waals surface area (Å²) in [5.41, 5.74) is 2.75. The number of para-hydroxylation sites is 2. The van der Waals surface area contributed by atoms with Crippen molar-refractivity contribution in [3.63, 3.8) is 0 Å². The Morgan fingerprint density at radius 2 is 1.74 bits per heavy atom. The Balaban J connectivity index is 1.28. The highest BCUT2D eigenvalue weighted by Crippen LogP contribution is 2.32. The molecule has 0 aliphatic heterocycles. The molecule has 0 saturated heterocycles. The monoisotopic (exact) mass is 839 g/mol. The second-order valence-corrected chi connectivity index (χ2v) is 14.1. The van der Waals surface area contributed by atoms with Crippen LogP contribution < -0.4 is 16.1 Å². The van der Waals surface area contributed by atoms with Gasteiger partial charge in [0.15, 0.2) is 10.9 Å². The van der Waals surface area contributed by atoms with E-state index in [0.29, 0.717) is 10.6 Å². The van der Waals surface area contributed by atoms with Gasteiger partial charge in [-0.05, 0) is 84.0 Å². The minimum atomic E-state index is -4.94. The molecular weight excluding hydrogens is 818 g/mol. The maximum atomic E-state index is 12.4. The molecule has 0 spiro atoms. The largest absolute Gasteiger partial charge is 0.505 e. The van der Waals surface area contributed by atoms with Crippen molar-refractivity contribution >= 4 is 102 Å². The molecule has 0 amide bonds. The van der Waals surface area contributed by atoms with Crippen LogP contribution in [0.25, 0.3) is 0 Å². The number of hydrogen-bond donors (Lipinski definition) is 6. The summed E-state index contributed by atoms with van der Waals surface area (Å²) in [6.07, 6.45) is 5.30. The van der Waals surface area contributed by atoms with Crippen LogP contribution >= 0.6 is 35.9 Å². The number of nitrogens with zero attached hydrogens (tertiary/aromatic N) is 6. The van der Waals surface area contributed by atoms with Crippen molar-refractivity contribution in [3.8, 4) is 0 Å². The van der Waals surface area contributed by atoms with E-state index in [1.807, 2.05) is 0 Å². The number of benzene rings is 2. The summed E-state index contributed by atoms with van der Waals surface area (Å²) in [6.45, 7) is -0.784. The van der Waals surface area contributed by atoms with Crippen LogP contribution in [0.2, 0.25) is 5.28 Å². The second kappa shape index (κ2) is 17.3. The number of fused-ring (bicyclic) bond motifs is 1. The quantitative estimate of drug-likeness (QED) is 0.0245. The molecule has 6 N–H and O–H groups in total. The molecule has 0 fully saturated rings. The lowest BCUT2D eigenvalue weighted by atomic mass is 9.91. The highest BCUT2D eigenvalue weighted by Gasteiger charge is 2.32. The Labute approximate surface area is 319 Å². The molecule has 54 heavy (non-hydrogen) atoms. The van der Waals surface area contributed by atoms with Crippen LogP contribution in [-0.2, 0) is 33.9 Å². The van der Waals surface area contributed by atoms with Crippen LogP contribution in [-0.4, -0.2) is 80.7 Å². The number of aromatic nitrogens is 3. The predicted octanol–water partition coefficient (Wildman–Crippen LogP) is 4.65. The fourth-order valence-electron chi connectivity index (χ4n) is 4.24. The number of allylic oxidation sites excluding steroid dienone is 7. The van der Waals surface area contributed by atoms with Crippen LogP contribution in [0.3, 0.4) is 0 Å². The first-order valence-electron chi connectivity index (χ1n) is 14.4. The molecule has 1 heterocycles. The first kappa shape index (κ1) is 40.0. The first-order chi connectivity index (χ1) is 25.6. The molecule has 282 valence electrons. The molecule has 26 heteroatoms. The number of aliphatic hydroxyl groups excluding tert-OH is 1. The number of hydrogen-bond acceptors (Lipinski definition) is 18. The van der Waals surface area contributed by atoms with Gasteiger partial charge in [0.05, 0.1) is 35.0 Å². The van der Waals surface area contributed by atoms with E-state index in [1.54, 1.807) is 18.2 Å². The van der Waals surface area contributed by atoms with Crippen molar-refractivity contribution in [1.82, 2.24) is 15.0 Å². The molecule has 2 aromatic carbocycles.